The van der Waals surface area contributed by atoms with Crippen LogP contribution in [0.4, 0.5) is 5.82 Å². The normalized spacial score (nSPS) is 15.6. The van der Waals surface area contributed by atoms with E-state index in [2.05, 4.69) is 43.5 Å². The van der Waals surface area contributed by atoms with Crippen LogP contribution < -0.4 is 4.90 Å². The second kappa shape index (κ2) is 6.16. The molecule has 1 aliphatic heterocycles. The van der Waals surface area contributed by atoms with E-state index in [1.54, 1.807) is 6.20 Å². The minimum Gasteiger partial charge on any atom is -0.476 e. The van der Waals surface area contributed by atoms with Crippen molar-refractivity contribution in [2.24, 2.45) is 0 Å². The molecular formula is C18H19N5O2. The molecule has 0 radical (unpaired) electrons. The van der Waals surface area contributed by atoms with E-state index < -0.39 is 5.97 Å². The van der Waals surface area contributed by atoms with Gasteiger partial charge in [0, 0.05) is 19.1 Å². The fraction of sp³-hybridized carbons (Fsp3) is 0.333. The fourth-order valence-electron chi connectivity index (χ4n) is 3.57. The molecular weight excluding hydrogens is 318 g/mol. The summed E-state index contributed by atoms with van der Waals surface area (Å²) < 4.78 is 2.34. The predicted molar refractivity (Wildman–Crippen MR) is 93.9 cm³/mol. The lowest BCUT2D eigenvalue weighted by Gasteiger charge is -2.34. The Kier molecular flexibility index (Phi) is 3.83. The summed E-state index contributed by atoms with van der Waals surface area (Å²) in [6.45, 7) is 3.78. The molecule has 3 aromatic rings. The van der Waals surface area contributed by atoms with E-state index in [4.69, 9.17) is 5.11 Å². The van der Waals surface area contributed by atoms with Crippen molar-refractivity contribution in [3.05, 3.63) is 48.2 Å². The van der Waals surface area contributed by atoms with Gasteiger partial charge in [0.2, 0.25) is 0 Å². The van der Waals surface area contributed by atoms with Crippen LogP contribution in [-0.2, 0) is 0 Å². The van der Waals surface area contributed by atoms with E-state index in [9.17, 15) is 4.79 Å². The Morgan fingerprint density at radius 1 is 1.16 bits per heavy atom. The summed E-state index contributed by atoms with van der Waals surface area (Å²) in [7, 11) is 0. The molecule has 0 saturated carbocycles. The number of nitrogens with zero attached hydrogens (tertiary/aromatic N) is 5. The number of imidazole rings is 1. The molecule has 1 saturated heterocycles. The molecule has 0 aliphatic carbocycles. The van der Waals surface area contributed by atoms with Crippen molar-refractivity contribution in [2.45, 2.75) is 25.8 Å². The summed E-state index contributed by atoms with van der Waals surface area (Å²) in [6, 6.07) is 8.65. The minimum atomic E-state index is -1.06. The van der Waals surface area contributed by atoms with Crippen LogP contribution in [0.5, 0.6) is 0 Å². The molecule has 25 heavy (non-hydrogen) atoms. The fourth-order valence-corrected chi connectivity index (χ4v) is 3.57. The molecule has 128 valence electrons. The van der Waals surface area contributed by atoms with E-state index >= 15 is 0 Å². The van der Waals surface area contributed by atoms with Gasteiger partial charge < -0.3 is 14.6 Å². The van der Waals surface area contributed by atoms with Crippen molar-refractivity contribution in [3.8, 4) is 0 Å². The third-order valence-corrected chi connectivity index (χ3v) is 4.78. The van der Waals surface area contributed by atoms with Gasteiger partial charge in [-0.15, -0.1) is 0 Å². The molecule has 0 atom stereocenters. The van der Waals surface area contributed by atoms with Crippen molar-refractivity contribution in [1.82, 2.24) is 19.5 Å². The molecule has 0 unspecified atom stereocenters. The average Bonchev–Trinajstić information content (AvgIpc) is 2.97. The first-order valence-corrected chi connectivity index (χ1v) is 8.37. The van der Waals surface area contributed by atoms with Gasteiger partial charge in [-0.25, -0.2) is 19.7 Å². The van der Waals surface area contributed by atoms with Gasteiger partial charge in [-0.05, 0) is 31.9 Å². The number of carboxylic acid groups (broad SMARTS) is 1. The lowest BCUT2D eigenvalue weighted by atomic mass is 10.0. The number of aromatic carboxylic acids is 1. The number of benzene rings is 1. The Morgan fingerprint density at radius 3 is 2.60 bits per heavy atom. The number of hydrogen-bond donors (Lipinski definition) is 1. The van der Waals surface area contributed by atoms with Crippen molar-refractivity contribution >= 4 is 22.8 Å². The zero-order chi connectivity index (χ0) is 17.4. The predicted octanol–water partition coefficient (Wildman–Crippen LogP) is 2.67. The zero-order valence-electron chi connectivity index (χ0n) is 14.0. The number of para-hydroxylation sites is 2. The highest BCUT2D eigenvalue weighted by molar-refractivity contribution is 5.84. The highest BCUT2D eigenvalue weighted by Gasteiger charge is 2.24. The molecule has 7 heteroatoms. The van der Waals surface area contributed by atoms with Gasteiger partial charge in [-0.2, -0.15) is 0 Å². The minimum absolute atomic E-state index is 0.0286. The first-order chi connectivity index (χ1) is 12.1. The highest BCUT2D eigenvalue weighted by atomic mass is 16.4. The first kappa shape index (κ1) is 15.6. The summed E-state index contributed by atoms with van der Waals surface area (Å²) >= 11 is 0. The molecule has 0 bridgehead atoms. The van der Waals surface area contributed by atoms with Crippen LogP contribution in [0.15, 0.2) is 36.7 Å². The molecule has 0 spiro atoms. The maximum absolute atomic E-state index is 10.9. The Morgan fingerprint density at radius 2 is 1.92 bits per heavy atom. The second-order valence-corrected chi connectivity index (χ2v) is 6.30. The van der Waals surface area contributed by atoms with Gasteiger partial charge in [-0.1, -0.05) is 12.1 Å². The molecule has 3 heterocycles. The van der Waals surface area contributed by atoms with Gasteiger partial charge in [0.25, 0.3) is 0 Å². The summed E-state index contributed by atoms with van der Waals surface area (Å²) in [5, 5.41) is 8.91. The van der Waals surface area contributed by atoms with E-state index in [0.29, 0.717) is 6.04 Å². The van der Waals surface area contributed by atoms with Crippen molar-refractivity contribution in [2.75, 3.05) is 18.0 Å². The van der Waals surface area contributed by atoms with Gasteiger partial charge in [0.05, 0.1) is 23.4 Å². The van der Waals surface area contributed by atoms with Crippen LogP contribution >= 0.6 is 0 Å². The number of aryl methyl sites for hydroxylation is 1. The number of rotatable bonds is 3. The summed E-state index contributed by atoms with van der Waals surface area (Å²) in [6.07, 6.45) is 4.84. The van der Waals surface area contributed by atoms with E-state index in [1.165, 1.54) is 11.7 Å². The molecule has 7 nitrogen and oxygen atoms in total. The van der Waals surface area contributed by atoms with Crippen LogP contribution in [0, 0.1) is 6.92 Å². The van der Waals surface area contributed by atoms with E-state index in [-0.39, 0.29) is 5.69 Å². The Hall–Kier alpha value is -2.96. The number of carboxylic acids is 1. The number of anilines is 1. The SMILES string of the molecule is Cc1nc2ccccc2n1C1CCN(c2cnc(C(=O)O)cn2)CC1. The third-order valence-electron chi connectivity index (χ3n) is 4.78. The van der Waals surface area contributed by atoms with Gasteiger partial charge in [0.1, 0.15) is 11.6 Å². The van der Waals surface area contributed by atoms with Gasteiger partial charge in [0.15, 0.2) is 5.69 Å². The number of hydrogen-bond acceptors (Lipinski definition) is 5. The molecule has 1 aromatic carbocycles. The van der Waals surface area contributed by atoms with Crippen LogP contribution in [-0.4, -0.2) is 43.7 Å². The Balaban J connectivity index is 1.51. The van der Waals surface area contributed by atoms with Crippen LogP contribution in [0.1, 0.15) is 35.2 Å². The zero-order valence-corrected chi connectivity index (χ0v) is 14.0. The maximum Gasteiger partial charge on any atom is 0.356 e. The van der Waals surface area contributed by atoms with Crippen LogP contribution in [0.3, 0.4) is 0 Å². The Bertz CT molecular complexity index is 911. The largest absolute Gasteiger partial charge is 0.476 e. The standard InChI is InChI=1S/C18H19N5O2/c1-12-21-14-4-2-3-5-16(14)23(12)13-6-8-22(9-7-13)17-11-19-15(10-20-17)18(24)25/h2-5,10-11,13H,6-9H2,1H3,(H,24,25). The molecule has 4 rings (SSSR count). The van der Waals surface area contributed by atoms with Crippen molar-refractivity contribution in [1.29, 1.82) is 0 Å². The molecule has 0 amide bonds. The number of carbonyl (C=O) groups is 1. The molecule has 1 N–H and O–H groups in total. The average molecular weight is 337 g/mol. The van der Waals surface area contributed by atoms with Crippen molar-refractivity contribution in [3.63, 3.8) is 0 Å². The van der Waals surface area contributed by atoms with Gasteiger partial charge >= 0.3 is 5.97 Å². The maximum atomic E-state index is 10.9. The second-order valence-electron chi connectivity index (χ2n) is 6.30. The monoisotopic (exact) mass is 337 g/mol. The molecule has 1 fully saturated rings. The lowest BCUT2D eigenvalue weighted by Crippen LogP contribution is -2.35. The number of piperidine rings is 1. The van der Waals surface area contributed by atoms with E-state index in [0.717, 1.165) is 43.1 Å². The van der Waals surface area contributed by atoms with Crippen molar-refractivity contribution < 1.29 is 9.90 Å². The van der Waals surface area contributed by atoms with Crippen LogP contribution in [0.25, 0.3) is 11.0 Å². The summed E-state index contributed by atoms with van der Waals surface area (Å²) in [5.74, 6) is 0.723. The summed E-state index contributed by atoms with van der Waals surface area (Å²) in [4.78, 5) is 25.9. The van der Waals surface area contributed by atoms with Crippen LogP contribution in [0.2, 0.25) is 0 Å². The number of fused-ring (bicyclic) bond motifs is 1. The Labute approximate surface area is 145 Å². The highest BCUT2D eigenvalue weighted by Crippen LogP contribution is 2.29. The van der Waals surface area contributed by atoms with E-state index in [1.807, 2.05) is 12.1 Å². The third kappa shape index (κ3) is 2.82. The summed E-state index contributed by atoms with van der Waals surface area (Å²) in [5.41, 5.74) is 2.20. The lowest BCUT2D eigenvalue weighted by molar-refractivity contribution is 0.0690. The number of aromatic nitrogens is 4. The van der Waals surface area contributed by atoms with Gasteiger partial charge in [-0.3, -0.25) is 0 Å². The quantitative estimate of drug-likeness (QED) is 0.791. The first-order valence-electron chi connectivity index (χ1n) is 8.37. The molecule has 2 aromatic heterocycles. The molecule has 1 aliphatic rings. The topological polar surface area (TPSA) is 84.1 Å². The smallest absolute Gasteiger partial charge is 0.356 e.